The summed E-state index contributed by atoms with van der Waals surface area (Å²) in [4.78, 5) is 14.0. The third kappa shape index (κ3) is 3.46. The highest BCUT2D eigenvalue weighted by atomic mass is 35.5. The molecule has 2 aromatic heterocycles. The second kappa shape index (κ2) is 6.90. The van der Waals surface area contributed by atoms with E-state index in [2.05, 4.69) is 15.3 Å². The number of methoxy groups -OCH3 is 1. The summed E-state index contributed by atoms with van der Waals surface area (Å²) < 4.78 is 6.98. The molecule has 0 aliphatic heterocycles. The van der Waals surface area contributed by atoms with Crippen molar-refractivity contribution in [1.82, 2.24) is 20.0 Å². The highest BCUT2D eigenvalue weighted by molar-refractivity contribution is 6.29. The fourth-order valence-electron chi connectivity index (χ4n) is 2.31. The molecule has 1 amide bonds. The van der Waals surface area contributed by atoms with Crippen molar-refractivity contribution in [3.63, 3.8) is 0 Å². The third-order valence-corrected chi connectivity index (χ3v) is 3.86. The highest BCUT2D eigenvalue weighted by Gasteiger charge is 2.18. The molecule has 128 valence electrons. The van der Waals surface area contributed by atoms with Gasteiger partial charge in [0, 0.05) is 13.2 Å². The predicted molar refractivity (Wildman–Crippen MR) is 94.6 cm³/mol. The smallest absolute Gasteiger partial charge is 0.279 e. The van der Waals surface area contributed by atoms with Gasteiger partial charge in [-0.25, -0.2) is 4.68 Å². The molecular formula is C17H16ClN5O2. The minimum absolute atomic E-state index is 0.264. The Morgan fingerprint density at radius 2 is 2.00 bits per heavy atom. The molecule has 0 saturated carbocycles. The summed E-state index contributed by atoms with van der Waals surface area (Å²) in [5, 5.41) is 12.3. The number of carbonyl (C=O) groups is 1. The second-order valence-corrected chi connectivity index (χ2v) is 5.79. The summed E-state index contributed by atoms with van der Waals surface area (Å²) in [5.74, 6) is 0.753. The molecule has 0 N–H and O–H groups in total. The largest absolute Gasteiger partial charge is 0.494 e. The van der Waals surface area contributed by atoms with Gasteiger partial charge in [-0.1, -0.05) is 17.7 Å². The van der Waals surface area contributed by atoms with Gasteiger partial charge in [-0.3, -0.25) is 9.69 Å². The van der Waals surface area contributed by atoms with Crippen LogP contribution in [0.5, 0.6) is 5.75 Å². The molecule has 3 aromatic rings. The Labute approximate surface area is 149 Å². The number of hydrogen-bond donors (Lipinski definition) is 0. The molecule has 25 heavy (non-hydrogen) atoms. The zero-order valence-corrected chi connectivity index (χ0v) is 14.7. The van der Waals surface area contributed by atoms with Gasteiger partial charge in [0.25, 0.3) is 5.91 Å². The van der Waals surface area contributed by atoms with Crippen LogP contribution >= 0.6 is 11.6 Å². The molecule has 3 rings (SSSR count). The van der Waals surface area contributed by atoms with Crippen LogP contribution in [0.3, 0.4) is 0 Å². The number of benzene rings is 1. The molecule has 0 atom stereocenters. The monoisotopic (exact) mass is 357 g/mol. The molecule has 0 bridgehead atoms. The van der Waals surface area contributed by atoms with E-state index in [0.717, 1.165) is 11.3 Å². The molecule has 0 fully saturated rings. The number of halogens is 1. The van der Waals surface area contributed by atoms with Gasteiger partial charge in [0.05, 0.1) is 7.11 Å². The quantitative estimate of drug-likeness (QED) is 0.717. The van der Waals surface area contributed by atoms with Gasteiger partial charge in [-0.15, -0.1) is 10.2 Å². The molecule has 0 saturated heterocycles. The van der Waals surface area contributed by atoms with Crippen LogP contribution in [0.15, 0.2) is 42.6 Å². The molecule has 0 aliphatic rings. The summed E-state index contributed by atoms with van der Waals surface area (Å²) in [7, 11) is 3.20. The maximum absolute atomic E-state index is 12.6. The molecule has 0 spiro atoms. The van der Waals surface area contributed by atoms with Crippen LogP contribution in [0, 0.1) is 6.92 Å². The summed E-state index contributed by atoms with van der Waals surface area (Å²) in [6, 6.07) is 10.6. The van der Waals surface area contributed by atoms with Crippen LogP contribution in [0.4, 0.5) is 5.82 Å². The van der Waals surface area contributed by atoms with E-state index in [1.54, 1.807) is 43.2 Å². The van der Waals surface area contributed by atoms with Crippen molar-refractivity contribution in [2.45, 2.75) is 6.92 Å². The molecule has 0 aliphatic carbocycles. The maximum Gasteiger partial charge on any atom is 0.279 e. The topological polar surface area (TPSA) is 73.1 Å². The Hall–Kier alpha value is -2.93. The summed E-state index contributed by atoms with van der Waals surface area (Å²) in [6.07, 6.45) is 1.71. The van der Waals surface area contributed by atoms with Crippen molar-refractivity contribution in [3.05, 3.63) is 59.0 Å². The van der Waals surface area contributed by atoms with Gasteiger partial charge in [0.2, 0.25) is 0 Å². The number of anilines is 1. The Balaban J connectivity index is 1.89. The van der Waals surface area contributed by atoms with E-state index in [4.69, 9.17) is 16.3 Å². The van der Waals surface area contributed by atoms with E-state index in [1.807, 2.05) is 25.1 Å². The van der Waals surface area contributed by atoms with Gasteiger partial charge in [-0.2, -0.15) is 5.10 Å². The van der Waals surface area contributed by atoms with Crippen LogP contribution in [0.25, 0.3) is 5.69 Å². The maximum atomic E-state index is 12.6. The Kier molecular flexibility index (Phi) is 4.67. The number of aryl methyl sites for hydroxylation is 1. The summed E-state index contributed by atoms with van der Waals surface area (Å²) in [6.45, 7) is 1.98. The number of hydrogen-bond acceptors (Lipinski definition) is 5. The van der Waals surface area contributed by atoms with Gasteiger partial charge >= 0.3 is 0 Å². The Bertz CT molecular complexity index is 908. The fourth-order valence-corrected chi connectivity index (χ4v) is 2.42. The Morgan fingerprint density at radius 3 is 2.68 bits per heavy atom. The highest BCUT2D eigenvalue weighted by Crippen LogP contribution is 2.24. The number of rotatable bonds is 4. The molecule has 7 nitrogen and oxygen atoms in total. The minimum atomic E-state index is -0.304. The standard InChI is InChI=1S/C17H16ClN5O2/c1-11-4-5-14(25-3)13(10-11)23-9-8-12(21-23)17(24)22(2)16-7-6-15(18)19-20-16/h4-10H,1-3H3. The normalized spacial score (nSPS) is 10.6. The Morgan fingerprint density at radius 1 is 1.20 bits per heavy atom. The van der Waals surface area contributed by atoms with E-state index in [1.165, 1.54) is 4.90 Å². The first-order valence-electron chi connectivity index (χ1n) is 7.47. The van der Waals surface area contributed by atoms with Crippen LogP contribution in [-0.4, -0.2) is 40.0 Å². The van der Waals surface area contributed by atoms with Crippen molar-refractivity contribution in [2.75, 3.05) is 19.1 Å². The van der Waals surface area contributed by atoms with Gasteiger partial charge < -0.3 is 4.74 Å². The predicted octanol–water partition coefficient (Wildman–Crippen LogP) is 2.91. The number of nitrogens with zero attached hydrogens (tertiary/aromatic N) is 5. The number of aromatic nitrogens is 4. The van der Waals surface area contributed by atoms with E-state index < -0.39 is 0 Å². The SMILES string of the molecule is COc1ccc(C)cc1-n1ccc(C(=O)N(C)c2ccc(Cl)nn2)n1. The third-order valence-electron chi connectivity index (χ3n) is 3.66. The van der Waals surface area contributed by atoms with E-state index in [-0.39, 0.29) is 16.8 Å². The second-order valence-electron chi connectivity index (χ2n) is 5.40. The lowest BCUT2D eigenvalue weighted by molar-refractivity contribution is 0.0987. The lowest BCUT2D eigenvalue weighted by Gasteiger charge is -2.14. The number of carbonyl (C=O) groups excluding carboxylic acids is 1. The lowest BCUT2D eigenvalue weighted by Crippen LogP contribution is -2.27. The molecule has 0 radical (unpaired) electrons. The van der Waals surface area contributed by atoms with Gasteiger partial charge in [0.15, 0.2) is 16.7 Å². The van der Waals surface area contributed by atoms with Gasteiger partial charge in [0.1, 0.15) is 11.4 Å². The first-order chi connectivity index (χ1) is 12.0. The van der Waals surface area contributed by atoms with Crippen LogP contribution < -0.4 is 9.64 Å². The fraction of sp³-hybridized carbons (Fsp3) is 0.176. The first-order valence-corrected chi connectivity index (χ1v) is 7.85. The average Bonchev–Trinajstić information content (AvgIpc) is 3.11. The number of ether oxygens (including phenoxy) is 1. The van der Waals surface area contributed by atoms with Crippen LogP contribution in [0.1, 0.15) is 16.1 Å². The van der Waals surface area contributed by atoms with Crippen molar-refractivity contribution >= 4 is 23.3 Å². The van der Waals surface area contributed by atoms with Crippen molar-refractivity contribution in [2.24, 2.45) is 0 Å². The van der Waals surface area contributed by atoms with Crippen molar-refractivity contribution < 1.29 is 9.53 Å². The summed E-state index contributed by atoms with van der Waals surface area (Å²) >= 11 is 5.72. The summed E-state index contributed by atoms with van der Waals surface area (Å²) in [5.41, 5.74) is 2.10. The van der Waals surface area contributed by atoms with Crippen molar-refractivity contribution in [1.29, 1.82) is 0 Å². The molecule has 0 unspecified atom stereocenters. The zero-order chi connectivity index (χ0) is 18.0. The minimum Gasteiger partial charge on any atom is -0.494 e. The van der Waals surface area contributed by atoms with E-state index in [9.17, 15) is 4.79 Å². The molecular weight excluding hydrogens is 342 g/mol. The molecule has 1 aromatic carbocycles. The lowest BCUT2D eigenvalue weighted by atomic mass is 10.2. The van der Waals surface area contributed by atoms with Crippen LogP contribution in [-0.2, 0) is 0 Å². The van der Waals surface area contributed by atoms with Crippen molar-refractivity contribution in [3.8, 4) is 11.4 Å². The molecule has 2 heterocycles. The van der Waals surface area contributed by atoms with Gasteiger partial charge in [-0.05, 0) is 42.8 Å². The molecule has 8 heteroatoms. The zero-order valence-electron chi connectivity index (χ0n) is 14.0. The van der Waals surface area contributed by atoms with E-state index >= 15 is 0 Å². The first kappa shape index (κ1) is 16.9. The average molecular weight is 358 g/mol. The number of amides is 1. The van der Waals surface area contributed by atoms with E-state index in [0.29, 0.717) is 11.6 Å². The van der Waals surface area contributed by atoms with Crippen LogP contribution in [0.2, 0.25) is 5.15 Å².